The van der Waals surface area contributed by atoms with Crippen molar-refractivity contribution in [2.75, 3.05) is 30.3 Å². The van der Waals surface area contributed by atoms with Gasteiger partial charge < -0.3 is 20.4 Å². The van der Waals surface area contributed by atoms with Crippen LogP contribution in [0.2, 0.25) is 0 Å². The van der Waals surface area contributed by atoms with E-state index in [-0.39, 0.29) is 17.9 Å². The summed E-state index contributed by atoms with van der Waals surface area (Å²) >= 11 is 0. The number of anilines is 2. The van der Waals surface area contributed by atoms with Gasteiger partial charge in [-0.3, -0.25) is 0 Å². The molecule has 0 spiro atoms. The third kappa shape index (κ3) is 5.33. The van der Waals surface area contributed by atoms with Crippen LogP contribution in [0.15, 0.2) is 83.9 Å². The molecule has 172 valence electrons. The van der Waals surface area contributed by atoms with E-state index in [0.717, 1.165) is 16.8 Å². The minimum atomic E-state index is -0.362. The Morgan fingerprint density at radius 2 is 1.71 bits per heavy atom. The van der Waals surface area contributed by atoms with E-state index < -0.39 is 0 Å². The molecule has 0 aliphatic carbocycles. The molecule has 7 nitrogen and oxygen atoms in total. The number of rotatable bonds is 3. The lowest BCUT2D eigenvalue weighted by Crippen LogP contribution is -2.54. The van der Waals surface area contributed by atoms with Gasteiger partial charge in [0.15, 0.2) is 0 Å². The van der Waals surface area contributed by atoms with Crippen LogP contribution in [-0.4, -0.2) is 41.4 Å². The summed E-state index contributed by atoms with van der Waals surface area (Å²) in [6, 6.07) is 22.7. The molecule has 3 aromatic rings. The van der Waals surface area contributed by atoms with Crippen LogP contribution in [0.25, 0.3) is 0 Å². The van der Waals surface area contributed by atoms with Crippen LogP contribution in [0.3, 0.4) is 0 Å². The Morgan fingerprint density at radius 3 is 2.41 bits per heavy atom. The number of guanidine groups is 1. The van der Waals surface area contributed by atoms with Gasteiger partial charge in [0.25, 0.3) is 0 Å². The van der Waals surface area contributed by atoms with Crippen LogP contribution >= 0.6 is 0 Å². The molecule has 0 aromatic heterocycles. The Kier molecular flexibility index (Phi) is 7.04. The van der Waals surface area contributed by atoms with E-state index in [1.54, 1.807) is 4.90 Å². The molecular formula is C26H25FN6O. The van der Waals surface area contributed by atoms with E-state index >= 15 is 0 Å². The fourth-order valence-corrected chi connectivity index (χ4v) is 3.97. The van der Waals surface area contributed by atoms with Crippen LogP contribution in [-0.2, 0) is 0 Å². The summed E-state index contributed by atoms with van der Waals surface area (Å²) in [6.45, 7) is 3.32. The molecule has 0 saturated carbocycles. The smallest absolute Gasteiger partial charge is 0.322 e. The maximum atomic E-state index is 13.3. The average Bonchev–Trinajstić information content (AvgIpc) is 2.86. The lowest BCUT2D eigenvalue weighted by Gasteiger charge is -2.42. The number of para-hydroxylation sites is 1. The first-order valence-electron chi connectivity index (χ1n) is 11.0. The summed E-state index contributed by atoms with van der Waals surface area (Å²) in [7, 11) is 0. The number of benzene rings is 3. The quantitative estimate of drug-likeness (QED) is 0.331. The van der Waals surface area contributed by atoms with Gasteiger partial charge in [-0.05, 0) is 48.4 Å². The molecule has 0 bridgehead atoms. The molecule has 1 atom stereocenters. The number of hydrogen-bond donors (Lipinski definition) is 2. The Labute approximate surface area is 198 Å². The van der Waals surface area contributed by atoms with Crippen molar-refractivity contribution in [1.82, 2.24) is 9.80 Å². The minimum absolute atomic E-state index is 0.272. The zero-order chi connectivity index (χ0) is 23.9. The monoisotopic (exact) mass is 456 g/mol. The Hall–Kier alpha value is -4.38. The third-order valence-electron chi connectivity index (χ3n) is 5.77. The predicted molar refractivity (Wildman–Crippen MR) is 131 cm³/mol. The second-order valence-corrected chi connectivity index (χ2v) is 7.98. The van der Waals surface area contributed by atoms with Crippen LogP contribution in [0.1, 0.15) is 17.2 Å². The number of aliphatic imine (C=N–C) groups is 1. The highest BCUT2D eigenvalue weighted by Gasteiger charge is 2.33. The first-order valence-corrected chi connectivity index (χ1v) is 11.0. The van der Waals surface area contributed by atoms with Crippen molar-refractivity contribution in [2.24, 2.45) is 4.99 Å². The molecule has 1 unspecified atom stereocenters. The highest BCUT2D eigenvalue weighted by atomic mass is 19.1. The van der Waals surface area contributed by atoms with Crippen LogP contribution in [0.4, 0.5) is 20.6 Å². The summed E-state index contributed by atoms with van der Waals surface area (Å²) in [4.78, 5) is 21.0. The molecule has 1 saturated heterocycles. The molecular weight excluding hydrogens is 431 g/mol. The maximum Gasteiger partial charge on any atom is 0.322 e. The van der Waals surface area contributed by atoms with E-state index in [4.69, 9.17) is 0 Å². The zero-order valence-corrected chi connectivity index (χ0v) is 18.8. The van der Waals surface area contributed by atoms with Gasteiger partial charge in [-0.1, -0.05) is 48.5 Å². The Bertz CT molecular complexity index is 1210. The number of halogens is 1. The first kappa shape index (κ1) is 22.8. The molecule has 0 radical (unpaired) electrons. The average molecular weight is 457 g/mol. The predicted octanol–water partition coefficient (Wildman–Crippen LogP) is 4.97. The second-order valence-electron chi connectivity index (χ2n) is 7.98. The Balaban J connectivity index is 1.57. The molecule has 34 heavy (non-hydrogen) atoms. The summed E-state index contributed by atoms with van der Waals surface area (Å²) in [6.07, 6.45) is 1.89. The van der Waals surface area contributed by atoms with Gasteiger partial charge in [0, 0.05) is 31.0 Å². The molecule has 1 heterocycles. The third-order valence-corrected chi connectivity index (χ3v) is 5.77. The van der Waals surface area contributed by atoms with Gasteiger partial charge in [0.2, 0.25) is 12.2 Å². The molecule has 2 amide bonds. The van der Waals surface area contributed by atoms with Crippen LogP contribution < -0.4 is 10.6 Å². The van der Waals surface area contributed by atoms with Gasteiger partial charge in [0.05, 0.1) is 6.04 Å². The van der Waals surface area contributed by atoms with Crippen molar-refractivity contribution in [1.29, 1.82) is 5.26 Å². The molecule has 1 fully saturated rings. The van der Waals surface area contributed by atoms with Crippen molar-refractivity contribution in [3.05, 3.63) is 95.8 Å². The van der Waals surface area contributed by atoms with Gasteiger partial charge in [-0.2, -0.15) is 5.26 Å². The number of nitrogens with one attached hydrogen (secondary N) is 2. The molecule has 1 aliphatic rings. The number of nitriles is 1. The maximum absolute atomic E-state index is 13.3. The van der Waals surface area contributed by atoms with Crippen molar-refractivity contribution in [3.8, 4) is 6.19 Å². The van der Waals surface area contributed by atoms with Crippen molar-refractivity contribution >= 4 is 23.4 Å². The molecule has 4 rings (SSSR count). The number of urea groups is 1. The minimum Gasteiger partial charge on any atom is -0.338 e. The second kappa shape index (κ2) is 10.5. The summed E-state index contributed by atoms with van der Waals surface area (Å²) in [5, 5.41) is 15.5. The first-order chi connectivity index (χ1) is 16.5. The van der Waals surface area contributed by atoms with Crippen molar-refractivity contribution in [2.45, 2.75) is 13.0 Å². The van der Waals surface area contributed by atoms with Crippen LogP contribution in [0.5, 0.6) is 0 Å². The van der Waals surface area contributed by atoms with Crippen molar-refractivity contribution in [3.63, 3.8) is 0 Å². The number of piperazine rings is 1. The summed E-state index contributed by atoms with van der Waals surface area (Å²) in [5.41, 5.74) is 3.39. The Morgan fingerprint density at radius 1 is 1.00 bits per heavy atom. The van der Waals surface area contributed by atoms with E-state index in [1.165, 1.54) is 24.3 Å². The summed E-state index contributed by atoms with van der Waals surface area (Å²) < 4.78 is 13.3. The zero-order valence-electron chi connectivity index (χ0n) is 18.8. The van der Waals surface area contributed by atoms with Gasteiger partial charge in [-0.25, -0.2) is 9.18 Å². The van der Waals surface area contributed by atoms with Gasteiger partial charge in [-0.15, -0.1) is 4.99 Å². The van der Waals surface area contributed by atoms with E-state index in [0.29, 0.717) is 31.3 Å². The van der Waals surface area contributed by atoms with Crippen molar-refractivity contribution < 1.29 is 9.18 Å². The highest BCUT2D eigenvalue weighted by molar-refractivity contribution is 5.95. The van der Waals surface area contributed by atoms with Gasteiger partial charge in [0.1, 0.15) is 5.82 Å². The van der Waals surface area contributed by atoms with E-state index in [2.05, 4.69) is 15.6 Å². The SMILES string of the molecule is Cc1ccccc1N/C(=N/C#N)N1CCN(C(=O)Nc2ccc(F)cc2)C(c2ccccc2)C1. The number of carbonyl (C=O) groups is 1. The molecule has 2 N–H and O–H groups in total. The van der Waals surface area contributed by atoms with E-state index in [1.807, 2.05) is 72.6 Å². The lowest BCUT2D eigenvalue weighted by atomic mass is 10.0. The molecule has 3 aromatic carbocycles. The summed E-state index contributed by atoms with van der Waals surface area (Å²) in [5.74, 6) is 0.0792. The normalized spacial score (nSPS) is 16.0. The topological polar surface area (TPSA) is 83.8 Å². The number of amides is 2. The highest BCUT2D eigenvalue weighted by Crippen LogP contribution is 2.27. The fourth-order valence-electron chi connectivity index (χ4n) is 3.97. The van der Waals surface area contributed by atoms with Crippen LogP contribution in [0, 0.1) is 24.2 Å². The number of hydrogen-bond acceptors (Lipinski definition) is 3. The largest absolute Gasteiger partial charge is 0.338 e. The lowest BCUT2D eigenvalue weighted by molar-refractivity contribution is 0.136. The fraction of sp³-hybridized carbons (Fsp3) is 0.192. The number of nitrogens with zero attached hydrogens (tertiary/aromatic N) is 4. The van der Waals surface area contributed by atoms with E-state index in [9.17, 15) is 14.4 Å². The molecule has 1 aliphatic heterocycles. The van der Waals surface area contributed by atoms with Gasteiger partial charge >= 0.3 is 6.03 Å². The number of carbonyl (C=O) groups excluding carboxylic acids is 1. The standard InChI is InChI=1S/C26H25FN6O/c1-19-7-5-6-10-23(19)31-25(29-18-28)32-15-16-33(24(17-32)20-8-3-2-4-9-20)26(34)30-22-13-11-21(27)12-14-22/h2-14,24H,15-17H2,1H3,(H,29,31)(H,30,34). The molecule has 8 heteroatoms. The number of aryl methyl sites for hydroxylation is 1.